The quantitative estimate of drug-likeness (QED) is 0.504. The van der Waals surface area contributed by atoms with E-state index in [0.29, 0.717) is 11.8 Å². The lowest BCUT2D eigenvalue weighted by Gasteiger charge is -2.18. The first-order chi connectivity index (χ1) is 12.0. The zero-order valence-electron chi connectivity index (χ0n) is 13.4. The van der Waals surface area contributed by atoms with E-state index in [9.17, 15) is 19.3 Å². The lowest BCUT2D eigenvalue weighted by Crippen LogP contribution is -2.18. The summed E-state index contributed by atoms with van der Waals surface area (Å²) in [5, 5.41) is 13.5. The van der Waals surface area contributed by atoms with E-state index in [0.717, 1.165) is 37.7 Å². The van der Waals surface area contributed by atoms with Crippen LogP contribution in [-0.2, 0) is 0 Å². The molecule has 25 heavy (non-hydrogen) atoms. The number of carbonyl (C=O) groups is 1. The lowest BCUT2D eigenvalue weighted by molar-refractivity contribution is -0.384. The minimum Gasteiger partial charge on any atom is -0.393 e. The van der Waals surface area contributed by atoms with Crippen molar-refractivity contribution >= 4 is 28.7 Å². The van der Waals surface area contributed by atoms with Crippen molar-refractivity contribution < 1.29 is 14.1 Å². The van der Waals surface area contributed by atoms with Gasteiger partial charge in [-0.25, -0.2) is 4.39 Å². The molecule has 0 bridgehead atoms. The van der Waals surface area contributed by atoms with E-state index >= 15 is 0 Å². The fourth-order valence-corrected chi connectivity index (χ4v) is 2.90. The minimum absolute atomic E-state index is 0.265. The van der Waals surface area contributed by atoms with Crippen molar-refractivity contribution in [2.24, 2.45) is 0 Å². The second-order valence-corrected chi connectivity index (χ2v) is 5.84. The second kappa shape index (κ2) is 6.76. The van der Waals surface area contributed by atoms with Crippen molar-refractivity contribution in [3.05, 3.63) is 57.9 Å². The van der Waals surface area contributed by atoms with Gasteiger partial charge >= 0.3 is 0 Å². The summed E-state index contributed by atoms with van der Waals surface area (Å²) in [6.07, 6.45) is 2.25. The van der Waals surface area contributed by atoms with Gasteiger partial charge in [0.2, 0.25) is 0 Å². The van der Waals surface area contributed by atoms with Gasteiger partial charge in [-0.2, -0.15) is 0 Å². The minimum atomic E-state index is -0.892. The highest BCUT2D eigenvalue weighted by Crippen LogP contribution is 2.28. The summed E-state index contributed by atoms with van der Waals surface area (Å²) in [6, 6.07) is 8.85. The SMILES string of the molecule is Nc1c(C(=O)Nc2cccc(N3CCCC3)c2)cc(F)cc1[N+](=O)[O-]. The summed E-state index contributed by atoms with van der Waals surface area (Å²) in [5.74, 6) is -1.59. The second-order valence-electron chi connectivity index (χ2n) is 5.84. The number of nitrogens with one attached hydrogen (secondary N) is 1. The van der Waals surface area contributed by atoms with E-state index in [4.69, 9.17) is 5.73 Å². The van der Waals surface area contributed by atoms with E-state index in [1.165, 1.54) is 0 Å². The number of nitrogens with two attached hydrogens (primary N) is 1. The molecule has 0 aromatic heterocycles. The Kier molecular flexibility index (Phi) is 4.51. The van der Waals surface area contributed by atoms with Crippen molar-refractivity contribution in [2.45, 2.75) is 12.8 Å². The number of nitro benzene ring substituents is 1. The standard InChI is InChI=1S/C17H17FN4O3/c18-11-8-14(16(19)15(9-11)22(24)25)17(23)20-12-4-3-5-13(10-12)21-6-1-2-7-21/h3-5,8-10H,1-2,6-7,19H2,(H,20,23). The molecule has 0 unspecified atom stereocenters. The van der Waals surface area contributed by atoms with Crippen molar-refractivity contribution in [3.63, 3.8) is 0 Å². The molecular formula is C17H17FN4O3. The molecule has 130 valence electrons. The van der Waals surface area contributed by atoms with Crippen LogP contribution in [0.15, 0.2) is 36.4 Å². The van der Waals surface area contributed by atoms with Crippen LogP contribution in [0.4, 0.5) is 27.1 Å². The van der Waals surface area contributed by atoms with Gasteiger partial charge in [0.1, 0.15) is 11.5 Å². The van der Waals surface area contributed by atoms with Crippen molar-refractivity contribution in [1.82, 2.24) is 0 Å². The third kappa shape index (κ3) is 3.52. The first kappa shape index (κ1) is 16.7. The van der Waals surface area contributed by atoms with Crippen LogP contribution in [0, 0.1) is 15.9 Å². The number of anilines is 3. The Labute approximate surface area is 143 Å². The highest BCUT2D eigenvalue weighted by molar-refractivity contribution is 6.09. The van der Waals surface area contributed by atoms with Gasteiger partial charge in [0.15, 0.2) is 0 Å². The van der Waals surface area contributed by atoms with Crippen molar-refractivity contribution in [1.29, 1.82) is 0 Å². The Morgan fingerprint density at radius 3 is 2.64 bits per heavy atom. The Hall–Kier alpha value is -3.16. The van der Waals surface area contributed by atoms with E-state index in [1.54, 1.807) is 12.1 Å². The summed E-state index contributed by atoms with van der Waals surface area (Å²) in [5.41, 5.74) is 5.90. The molecule has 1 amide bonds. The van der Waals surface area contributed by atoms with Gasteiger partial charge in [0.25, 0.3) is 11.6 Å². The smallest absolute Gasteiger partial charge is 0.295 e. The highest BCUT2D eigenvalue weighted by Gasteiger charge is 2.22. The molecule has 1 aliphatic rings. The topological polar surface area (TPSA) is 102 Å². The summed E-state index contributed by atoms with van der Waals surface area (Å²) in [6.45, 7) is 1.92. The maximum absolute atomic E-state index is 13.6. The first-order valence-electron chi connectivity index (χ1n) is 7.85. The van der Waals surface area contributed by atoms with E-state index in [1.807, 2.05) is 12.1 Å². The van der Waals surface area contributed by atoms with Crippen LogP contribution in [0.5, 0.6) is 0 Å². The van der Waals surface area contributed by atoms with Gasteiger partial charge in [-0.15, -0.1) is 0 Å². The summed E-state index contributed by atoms with van der Waals surface area (Å²) in [4.78, 5) is 24.7. The van der Waals surface area contributed by atoms with Crippen LogP contribution in [-0.4, -0.2) is 23.9 Å². The van der Waals surface area contributed by atoms with Gasteiger partial charge < -0.3 is 16.0 Å². The van der Waals surface area contributed by atoms with Crippen LogP contribution < -0.4 is 16.0 Å². The number of halogens is 1. The van der Waals surface area contributed by atoms with E-state index in [-0.39, 0.29) is 11.3 Å². The molecule has 0 aliphatic carbocycles. The lowest BCUT2D eigenvalue weighted by atomic mass is 10.1. The van der Waals surface area contributed by atoms with Crippen LogP contribution >= 0.6 is 0 Å². The highest BCUT2D eigenvalue weighted by atomic mass is 19.1. The Morgan fingerprint density at radius 2 is 1.96 bits per heavy atom. The molecule has 1 aliphatic heterocycles. The molecule has 0 atom stereocenters. The third-order valence-electron chi connectivity index (χ3n) is 4.14. The molecule has 7 nitrogen and oxygen atoms in total. The molecule has 2 aromatic carbocycles. The fraction of sp³-hybridized carbons (Fsp3) is 0.235. The van der Waals surface area contributed by atoms with Gasteiger partial charge in [-0.1, -0.05) is 6.07 Å². The van der Waals surface area contributed by atoms with Gasteiger partial charge in [0.05, 0.1) is 16.6 Å². The number of rotatable bonds is 4. The van der Waals surface area contributed by atoms with Gasteiger partial charge in [-0.3, -0.25) is 14.9 Å². The normalized spacial score (nSPS) is 13.7. The van der Waals surface area contributed by atoms with E-state index < -0.39 is 22.3 Å². The monoisotopic (exact) mass is 344 g/mol. The van der Waals surface area contributed by atoms with Crippen molar-refractivity contribution in [2.75, 3.05) is 29.0 Å². The third-order valence-corrected chi connectivity index (χ3v) is 4.14. The molecular weight excluding hydrogens is 327 g/mol. The zero-order chi connectivity index (χ0) is 18.0. The number of carbonyl (C=O) groups excluding carboxylic acids is 1. The Balaban J connectivity index is 1.85. The largest absolute Gasteiger partial charge is 0.393 e. The maximum Gasteiger partial charge on any atom is 0.295 e. The molecule has 3 N–H and O–H groups in total. The number of nitrogen functional groups attached to an aromatic ring is 1. The molecule has 0 radical (unpaired) electrons. The van der Waals surface area contributed by atoms with Gasteiger partial charge in [-0.05, 0) is 37.1 Å². The molecule has 0 saturated carbocycles. The molecule has 1 heterocycles. The predicted molar refractivity (Wildman–Crippen MR) is 93.3 cm³/mol. The number of hydrogen-bond acceptors (Lipinski definition) is 5. The van der Waals surface area contributed by atoms with Crippen LogP contribution in [0.25, 0.3) is 0 Å². The van der Waals surface area contributed by atoms with E-state index in [2.05, 4.69) is 10.2 Å². The molecule has 2 aromatic rings. The average molecular weight is 344 g/mol. The predicted octanol–water partition coefficient (Wildman–Crippen LogP) is 3.17. The number of nitro groups is 1. The van der Waals surface area contributed by atoms with Crippen LogP contribution in [0.2, 0.25) is 0 Å². The maximum atomic E-state index is 13.6. The summed E-state index contributed by atoms with van der Waals surface area (Å²) in [7, 11) is 0. The first-order valence-corrected chi connectivity index (χ1v) is 7.85. The fourth-order valence-electron chi connectivity index (χ4n) is 2.90. The van der Waals surface area contributed by atoms with Crippen molar-refractivity contribution in [3.8, 4) is 0 Å². The average Bonchev–Trinajstić information content (AvgIpc) is 3.11. The number of amides is 1. The molecule has 8 heteroatoms. The molecule has 1 saturated heterocycles. The molecule has 3 rings (SSSR count). The van der Waals surface area contributed by atoms with Crippen LogP contribution in [0.3, 0.4) is 0 Å². The number of hydrogen-bond donors (Lipinski definition) is 2. The number of nitrogens with zero attached hydrogens (tertiary/aromatic N) is 2. The summed E-state index contributed by atoms with van der Waals surface area (Å²) >= 11 is 0. The molecule has 1 fully saturated rings. The summed E-state index contributed by atoms with van der Waals surface area (Å²) < 4.78 is 13.6. The zero-order valence-corrected chi connectivity index (χ0v) is 13.4. The van der Waals surface area contributed by atoms with Crippen LogP contribution in [0.1, 0.15) is 23.2 Å². The number of benzene rings is 2. The molecule has 0 spiro atoms. The Morgan fingerprint density at radius 1 is 1.24 bits per heavy atom. The Bertz CT molecular complexity index is 835. The van der Waals surface area contributed by atoms with Gasteiger partial charge in [0, 0.05) is 24.5 Å².